The molecule has 0 amide bonds. The summed E-state index contributed by atoms with van der Waals surface area (Å²) in [4.78, 5) is 0. The van der Waals surface area contributed by atoms with Crippen LogP contribution in [-0.2, 0) is 15.6 Å². The first-order valence-electron chi connectivity index (χ1n) is 7.57. The van der Waals surface area contributed by atoms with Crippen LogP contribution in [0.15, 0.2) is 48.5 Å². The summed E-state index contributed by atoms with van der Waals surface area (Å²) in [6.45, 7) is 4.27. The van der Waals surface area contributed by atoms with Crippen molar-refractivity contribution in [1.82, 2.24) is 0 Å². The second kappa shape index (κ2) is 7.62. The van der Waals surface area contributed by atoms with Crippen molar-refractivity contribution in [2.24, 2.45) is 0 Å². The highest BCUT2D eigenvalue weighted by Gasteiger charge is 2.21. The molecule has 124 valence electrons. The monoisotopic (exact) mass is 334 g/mol. The Hall–Kier alpha value is -1.85. The SMILES string of the molecule is CCOc1ccccc1CS(=O)(=O)CC(O)c1ccc(C)cc1. The van der Waals surface area contributed by atoms with E-state index in [1.165, 1.54) is 0 Å². The smallest absolute Gasteiger partial charge is 0.157 e. The molecule has 0 aliphatic heterocycles. The van der Waals surface area contributed by atoms with Gasteiger partial charge in [-0.25, -0.2) is 8.42 Å². The van der Waals surface area contributed by atoms with E-state index in [-0.39, 0.29) is 11.5 Å². The Balaban J connectivity index is 2.11. The van der Waals surface area contributed by atoms with Gasteiger partial charge in [-0.3, -0.25) is 0 Å². The lowest BCUT2D eigenvalue weighted by Crippen LogP contribution is -2.17. The van der Waals surface area contributed by atoms with Crippen LogP contribution in [0.1, 0.15) is 29.7 Å². The van der Waals surface area contributed by atoms with Crippen LogP contribution in [0.5, 0.6) is 5.75 Å². The van der Waals surface area contributed by atoms with Gasteiger partial charge in [0.15, 0.2) is 9.84 Å². The molecule has 0 radical (unpaired) electrons. The number of rotatable bonds is 7. The summed E-state index contributed by atoms with van der Waals surface area (Å²) in [7, 11) is -3.46. The van der Waals surface area contributed by atoms with Gasteiger partial charge in [-0.15, -0.1) is 0 Å². The predicted molar refractivity (Wildman–Crippen MR) is 91.2 cm³/mol. The molecule has 5 heteroatoms. The maximum Gasteiger partial charge on any atom is 0.157 e. The maximum absolute atomic E-state index is 12.4. The van der Waals surface area contributed by atoms with E-state index in [1.807, 2.05) is 32.0 Å². The average molecular weight is 334 g/mol. The fraction of sp³-hybridized carbons (Fsp3) is 0.333. The molecule has 0 heterocycles. The fourth-order valence-electron chi connectivity index (χ4n) is 2.34. The van der Waals surface area contributed by atoms with Gasteiger partial charge in [0.25, 0.3) is 0 Å². The van der Waals surface area contributed by atoms with E-state index in [0.717, 1.165) is 5.56 Å². The Morgan fingerprint density at radius 2 is 1.74 bits per heavy atom. The van der Waals surface area contributed by atoms with Crippen LogP contribution < -0.4 is 4.74 Å². The predicted octanol–water partition coefficient (Wildman–Crippen LogP) is 3.04. The zero-order valence-corrected chi connectivity index (χ0v) is 14.2. The molecule has 1 N–H and O–H groups in total. The lowest BCUT2D eigenvalue weighted by atomic mass is 10.1. The van der Waals surface area contributed by atoms with Gasteiger partial charge in [0.1, 0.15) is 5.75 Å². The van der Waals surface area contributed by atoms with Gasteiger partial charge in [-0.2, -0.15) is 0 Å². The van der Waals surface area contributed by atoms with Crippen LogP contribution >= 0.6 is 0 Å². The minimum atomic E-state index is -3.46. The lowest BCUT2D eigenvalue weighted by molar-refractivity contribution is 0.201. The molecule has 0 fully saturated rings. The van der Waals surface area contributed by atoms with Crippen LogP contribution in [0, 0.1) is 6.92 Å². The average Bonchev–Trinajstić information content (AvgIpc) is 2.49. The Morgan fingerprint density at radius 3 is 2.39 bits per heavy atom. The first-order chi connectivity index (χ1) is 10.9. The molecule has 1 atom stereocenters. The maximum atomic E-state index is 12.4. The standard InChI is InChI=1S/C18H22O4S/c1-3-22-18-7-5-4-6-16(18)12-23(20,21)13-17(19)15-10-8-14(2)9-11-15/h4-11,17,19H,3,12-13H2,1-2H3. The quantitative estimate of drug-likeness (QED) is 0.845. The van der Waals surface area contributed by atoms with Crippen LogP contribution in [0.4, 0.5) is 0 Å². The number of hydrogen-bond acceptors (Lipinski definition) is 4. The van der Waals surface area contributed by atoms with Gasteiger partial charge in [-0.05, 0) is 25.5 Å². The van der Waals surface area contributed by atoms with Gasteiger partial charge in [0.05, 0.1) is 24.2 Å². The van der Waals surface area contributed by atoms with Crippen molar-refractivity contribution in [3.05, 3.63) is 65.2 Å². The first kappa shape index (κ1) is 17.5. The van der Waals surface area contributed by atoms with E-state index < -0.39 is 15.9 Å². The highest BCUT2D eigenvalue weighted by Crippen LogP contribution is 2.23. The zero-order valence-electron chi connectivity index (χ0n) is 13.4. The molecule has 0 spiro atoms. The van der Waals surface area contributed by atoms with Crippen molar-refractivity contribution in [3.8, 4) is 5.75 Å². The molecule has 4 nitrogen and oxygen atoms in total. The number of sulfone groups is 1. The third-order valence-corrected chi connectivity index (χ3v) is 5.10. The molecule has 0 aromatic heterocycles. The number of aliphatic hydroxyl groups excluding tert-OH is 1. The van der Waals surface area contributed by atoms with Crippen molar-refractivity contribution in [3.63, 3.8) is 0 Å². The summed E-state index contributed by atoms with van der Waals surface area (Å²) in [6.07, 6.45) is -1.03. The van der Waals surface area contributed by atoms with Crippen molar-refractivity contribution < 1.29 is 18.3 Å². The number of ether oxygens (including phenoxy) is 1. The molecule has 1 unspecified atom stereocenters. The van der Waals surface area contributed by atoms with Gasteiger partial charge in [0, 0.05) is 5.56 Å². The normalized spacial score (nSPS) is 12.8. The minimum Gasteiger partial charge on any atom is -0.494 e. The topological polar surface area (TPSA) is 63.6 Å². The second-order valence-corrected chi connectivity index (χ2v) is 7.63. The van der Waals surface area contributed by atoms with Crippen molar-refractivity contribution in [2.45, 2.75) is 25.7 Å². The van der Waals surface area contributed by atoms with E-state index in [0.29, 0.717) is 23.5 Å². The minimum absolute atomic E-state index is 0.147. The Kier molecular flexibility index (Phi) is 5.80. The Morgan fingerprint density at radius 1 is 1.09 bits per heavy atom. The Bertz CT molecular complexity index is 736. The molecule has 0 saturated carbocycles. The summed E-state index contributed by atoms with van der Waals surface area (Å²) in [6, 6.07) is 14.3. The number of aliphatic hydroxyl groups is 1. The molecular weight excluding hydrogens is 312 g/mol. The molecule has 0 aliphatic rings. The highest BCUT2D eigenvalue weighted by molar-refractivity contribution is 7.90. The lowest BCUT2D eigenvalue weighted by Gasteiger charge is -2.14. The van der Waals surface area contributed by atoms with Gasteiger partial charge in [-0.1, -0.05) is 48.0 Å². The molecule has 2 aromatic rings. The largest absolute Gasteiger partial charge is 0.494 e. The molecule has 0 aliphatic carbocycles. The van der Waals surface area contributed by atoms with Crippen LogP contribution in [-0.4, -0.2) is 25.9 Å². The van der Waals surface area contributed by atoms with E-state index in [2.05, 4.69) is 0 Å². The van der Waals surface area contributed by atoms with Crippen LogP contribution in [0.3, 0.4) is 0 Å². The first-order valence-corrected chi connectivity index (χ1v) is 9.39. The number of aryl methyl sites for hydroxylation is 1. The van der Waals surface area contributed by atoms with Gasteiger partial charge >= 0.3 is 0 Å². The number of para-hydroxylation sites is 1. The van der Waals surface area contributed by atoms with E-state index in [1.54, 1.807) is 30.3 Å². The third-order valence-electron chi connectivity index (χ3n) is 3.52. The summed E-state index contributed by atoms with van der Waals surface area (Å²) < 4.78 is 30.2. The fourth-order valence-corrected chi connectivity index (χ4v) is 3.84. The summed E-state index contributed by atoms with van der Waals surface area (Å²) in [5.41, 5.74) is 2.29. The summed E-state index contributed by atoms with van der Waals surface area (Å²) >= 11 is 0. The van der Waals surface area contributed by atoms with Gasteiger partial charge in [0.2, 0.25) is 0 Å². The van der Waals surface area contributed by atoms with Gasteiger partial charge < -0.3 is 9.84 Å². The van der Waals surface area contributed by atoms with Crippen molar-refractivity contribution in [1.29, 1.82) is 0 Å². The third kappa shape index (κ3) is 5.08. The molecule has 23 heavy (non-hydrogen) atoms. The Labute approximate surface area is 137 Å². The number of benzene rings is 2. The van der Waals surface area contributed by atoms with E-state index in [9.17, 15) is 13.5 Å². The number of hydrogen-bond donors (Lipinski definition) is 1. The zero-order chi connectivity index (χ0) is 16.9. The molecule has 2 aromatic carbocycles. The van der Waals surface area contributed by atoms with E-state index >= 15 is 0 Å². The summed E-state index contributed by atoms with van der Waals surface area (Å²) in [5, 5.41) is 10.2. The molecule has 0 bridgehead atoms. The van der Waals surface area contributed by atoms with Crippen molar-refractivity contribution >= 4 is 9.84 Å². The van der Waals surface area contributed by atoms with Crippen LogP contribution in [0.25, 0.3) is 0 Å². The molecular formula is C18H22O4S. The molecule has 2 rings (SSSR count). The summed E-state index contributed by atoms with van der Waals surface area (Å²) in [5.74, 6) is 0.117. The van der Waals surface area contributed by atoms with E-state index in [4.69, 9.17) is 4.74 Å². The second-order valence-electron chi connectivity index (χ2n) is 5.52. The highest BCUT2D eigenvalue weighted by atomic mass is 32.2. The van der Waals surface area contributed by atoms with Crippen molar-refractivity contribution in [2.75, 3.05) is 12.4 Å². The van der Waals surface area contributed by atoms with Crippen LogP contribution in [0.2, 0.25) is 0 Å². The molecule has 0 saturated heterocycles.